The smallest absolute Gasteiger partial charge is 0.222 e. The van der Waals surface area contributed by atoms with E-state index in [4.69, 9.17) is 5.73 Å². The van der Waals surface area contributed by atoms with Crippen molar-refractivity contribution in [3.63, 3.8) is 0 Å². The van der Waals surface area contributed by atoms with Crippen LogP contribution in [0.5, 0.6) is 0 Å². The Morgan fingerprint density at radius 1 is 1.00 bits per heavy atom. The highest BCUT2D eigenvalue weighted by Crippen LogP contribution is 2.19. The topological polar surface area (TPSA) is 77.6 Å². The molecule has 17 heavy (non-hydrogen) atoms. The van der Waals surface area contributed by atoms with Crippen LogP contribution >= 0.6 is 0 Å². The summed E-state index contributed by atoms with van der Waals surface area (Å²) in [5.74, 6) is 0.232. The molecule has 0 spiro atoms. The number of aromatic nitrogens is 4. The molecule has 0 amide bonds. The van der Waals surface area contributed by atoms with Gasteiger partial charge in [0.05, 0.1) is 5.69 Å². The average molecular weight is 223 g/mol. The molecule has 3 aromatic rings. The molecule has 3 aromatic heterocycles. The van der Waals surface area contributed by atoms with E-state index in [1.54, 1.807) is 18.6 Å². The first kappa shape index (κ1) is 9.65. The van der Waals surface area contributed by atoms with Crippen molar-refractivity contribution in [1.29, 1.82) is 0 Å². The third-order valence-corrected chi connectivity index (χ3v) is 2.41. The largest absolute Gasteiger partial charge is 0.368 e. The van der Waals surface area contributed by atoms with E-state index in [1.807, 2.05) is 24.3 Å². The van der Waals surface area contributed by atoms with Crippen LogP contribution in [0.4, 0.5) is 5.95 Å². The van der Waals surface area contributed by atoms with Gasteiger partial charge >= 0.3 is 0 Å². The monoisotopic (exact) mass is 223 g/mol. The summed E-state index contributed by atoms with van der Waals surface area (Å²) in [6.45, 7) is 0. The van der Waals surface area contributed by atoms with Gasteiger partial charge in [-0.3, -0.25) is 4.98 Å². The first-order chi connectivity index (χ1) is 8.33. The van der Waals surface area contributed by atoms with Crippen LogP contribution in [0.15, 0.2) is 42.9 Å². The lowest BCUT2D eigenvalue weighted by Gasteiger charge is -2.01. The maximum absolute atomic E-state index is 5.50. The van der Waals surface area contributed by atoms with E-state index in [1.165, 1.54) is 0 Å². The Labute approximate surface area is 97.4 Å². The molecule has 0 unspecified atom stereocenters. The molecule has 5 heteroatoms. The number of nitrogens with two attached hydrogens (primary N) is 1. The van der Waals surface area contributed by atoms with Gasteiger partial charge in [0.2, 0.25) is 5.95 Å². The zero-order chi connectivity index (χ0) is 11.7. The molecular weight excluding hydrogens is 214 g/mol. The highest BCUT2D eigenvalue weighted by molar-refractivity contribution is 5.79. The van der Waals surface area contributed by atoms with Gasteiger partial charge in [-0.1, -0.05) is 6.07 Å². The number of nitrogen functional groups attached to an aromatic ring is 1. The van der Waals surface area contributed by atoms with E-state index in [0.29, 0.717) is 5.65 Å². The molecule has 0 saturated heterocycles. The molecule has 0 fully saturated rings. The van der Waals surface area contributed by atoms with Crippen molar-refractivity contribution in [2.75, 3.05) is 5.73 Å². The SMILES string of the molecule is Nc1ncc2cc(-c3ccccn3)cnc2n1. The van der Waals surface area contributed by atoms with Gasteiger partial charge in [0.25, 0.3) is 0 Å². The van der Waals surface area contributed by atoms with Crippen LogP contribution in [0.1, 0.15) is 0 Å². The number of hydrogen-bond donors (Lipinski definition) is 1. The van der Waals surface area contributed by atoms with Gasteiger partial charge in [0.1, 0.15) is 0 Å². The fourth-order valence-electron chi connectivity index (χ4n) is 1.61. The summed E-state index contributed by atoms with van der Waals surface area (Å²) < 4.78 is 0. The van der Waals surface area contributed by atoms with E-state index in [0.717, 1.165) is 16.6 Å². The predicted molar refractivity (Wildman–Crippen MR) is 65.0 cm³/mol. The molecule has 0 aromatic carbocycles. The Bertz CT molecular complexity index is 666. The molecule has 0 aliphatic carbocycles. The molecule has 5 nitrogen and oxygen atoms in total. The second-order valence-electron chi connectivity index (χ2n) is 3.58. The second kappa shape index (κ2) is 3.79. The summed E-state index contributed by atoms with van der Waals surface area (Å²) >= 11 is 0. The normalized spacial score (nSPS) is 10.6. The van der Waals surface area contributed by atoms with Gasteiger partial charge in [0, 0.05) is 29.5 Å². The number of fused-ring (bicyclic) bond motifs is 1. The molecule has 82 valence electrons. The van der Waals surface area contributed by atoms with Crippen molar-refractivity contribution < 1.29 is 0 Å². The van der Waals surface area contributed by atoms with Crippen molar-refractivity contribution in [3.8, 4) is 11.3 Å². The summed E-state index contributed by atoms with van der Waals surface area (Å²) in [7, 11) is 0. The van der Waals surface area contributed by atoms with Gasteiger partial charge < -0.3 is 5.73 Å². The lowest BCUT2D eigenvalue weighted by Crippen LogP contribution is -1.95. The van der Waals surface area contributed by atoms with E-state index < -0.39 is 0 Å². The van der Waals surface area contributed by atoms with Gasteiger partial charge in [0.15, 0.2) is 5.65 Å². The number of anilines is 1. The number of nitrogens with zero attached hydrogens (tertiary/aromatic N) is 4. The third-order valence-electron chi connectivity index (χ3n) is 2.41. The molecule has 3 rings (SSSR count). The van der Waals surface area contributed by atoms with Crippen LogP contribution in [-0.2, 0) is 0 Å². The third kappa shape index (κ3) is 1.78. The van der Waals surface area contributed by atoms with Crippen molar-refractivity contribution in [3.05, 3.63) is 42.9 Å². The molecule has 0 saturated carbocycles. The van der Waals surface area contributed by atoms with E-state index in [-0.39, 0.29) is 5.95 Å². The Hall–Kier alpha value is -2.56. The van der Waals surface area contributed by atoms with Crippen LogP contribution < -0.4 is 5.73 Å². The summed E-state index contributed by atoms with van der Waals surface area (Å²) in [6.07, 6.45) is 5.15. The quantitative estimate of drug-likeness (QED) is 0.679. The molecule has 0 radical (unpaired) electrons. The van der Waals surface area contributed by atoms with E-state index >= 15 is 0 Å². The van der Waals surface area contributed by atoms with E-state index in [9.17, 15) is 0 Å². The number of rotatable bonds is 1. The van der Waals surface area contributed by atoms with Crippen molar-refractivity contribution in [2.24, 2.45) is 0 Å². The molecule has 0 bridgehead atoms. The van der Waals surface area contributed by atoms with Crippen LogP contribution in [0.2, 0.25) is 0 Å². The van der Waals surface area contributed by atoms with Crippen molar-refractivity contribution in [1.82, 2.24) is 19.9 Å². The van der Waals surface area contributed by atoms with Crippen molar-refractivity contribution >= 4 is 17.0 Å². The van der Waals surface area contributed by atoms with Gasteiger partial charge in [-0.25, -0.2) is 9.97 Å². The standard InChI is InChI=1S/C12H9N5/c13-12-16-7-9-5-8(6-15-11(9)17-12)10-3-1-2-4-14-10/h1-7H,(H2,13,15,16,17). The lowest BCUT2D eigenvalue weighted by atomic mass is 10.1. The number of hydrogen-bond acceptors (Lipinski definition) is 5. The molecular formula is C12H9N5. The van der Waals surface area contributed by atoms with Crippen LogP contribution in [0.25, 0.3) is 22.3 Å². The summed E-state index contributed by atoms with van der Waals surface area (Å²) in [5, 5.41) is 0.849. The molecule has 2 N–H and O–H groups in total. The van der Waals surface area contributed by atoms with Crippen LogP contribution in [-0.4, -0.2) is 19.9 Å². The lowest BCUT2D eigenvalue weighted by molar-refractivity contribution is 1.19. The Morgan fingerprint density at radius 2 is 1.94 bits per heavy atom. The molecule has 0 aliphatic heterocycles. The Morgan fingerprint density at radius 3 is 2.76 bits per heavy atom. The summed E-state index contributed by atoms with van der Waals surface area (Å²) in [6, 6.07) is 7.69. The second-order valence-corrected chi connectivity index (χ2v) is 3.58. The first-order valence-corrected chi connectivity index (χ1v) is 5.12. The minimum Gasteiger partial charge on any atom is -0.368 e. The average Bonchev–Trinajstić information content (AvgIpc) is 2.39. The Kier molecular flexibility index (Phi) is 2.15. The van der Waals surface area contributed by atoms with Crippen LogP contribution in [0, 0.1) is 0 Å². The summed E-state index contributed by atoms with van der Waals surface area (Å²) in [5.41, 5.74) is 7.90. The fourth-order valence-corrected chi connectivity index (χ4v) is 1.61. The van der Waals surface area contributed by atoms with Gasteiger partial charge in [-0.05, 0) is 18.2 Å². The maximum Gasteiger partial charge on any atom is 0.222 e. The van der Waals surface area contributed by atoms with Crippen LogP contribution in [0.3, 0.4) is 0 Å². The minimum absolute atomic E-state index is 0.232. The minimum atomic E-state index is 0.232. The predicted octanol–water partition coefficient (Wildman–Crippen LogP) is 1.67. The zero-order valence-electron chi connectivity index (χ0n) is 8.91. The maximum atomic E-state index is 5.50. The highest BCUT2D eigenvalue weighted by Gasteiger charge is 2.03. The molecule has 3 heterocycles. The molecule has 0 atom stereocenters. The molecule has 0 aliphatic rings. The van der Waals surface area contributed by atoms with Gasteiger partial charge in [-0.2, -0.15) is 4.98 Å². The fraction of sp³-hybridized carbons (Fsp3) is 0. The Balaban J connectivity index is 2.17. The van der Waals surface area contributed by atoms with E-state index in [2.05, 4.69) is 19.9 Å². The highest BCUT2D eigenvalue weighted by atomic mass is 15.0. The summed E-state index contributed by atoms with van der Waals surface area (Å²) in [4.78, 5) is 16.5. The van der Waals surface area contributed by atoms with Crippen molar-refractivity contribution in [2.45, 2.75) is 0 Å². The zero-order valence-corrected chi connectivity index (χ0v) is 8.91. The first-order valence-electron chi connectivity index (χ1n) is 5.12. The van der Waals surface area contributed by atoms with Gasteiger partial charge in [-0.15, -0.1) is 0 Å². The number of pyridine rings is 2.